The Balaban J connectivity index is 2.89. The smallest absolute Gasteiger partial charge is 0.0433 e. The van der Waals surface area contributed by atoms with Gasteiger partial charge < -0.3 is 10.2 Å². The summed E-state index contributed by atoms with van der Waals surface area (Å²) in [5.41, 5.74) is 0. The summed E-state index contributed by atoms with van der Waals surface area (Å²) in [6.45, 7) is 0.668. The van der Waals surface area contributed by atoms with Gasteiger partial charge >= 0.3 is 0 Å². The maximum Gasteiger partial charge on any atom is 0.0433 e. The van der Waals surface area contributed by atoms with Crippen LogP contribution in [-0.2, 0) is 0 Å². The minimum atomic E-state index is 0.307. The Labute approximate surface area is 127 Å². The number of unbranched alkanes of at least 4 members (excludes halogenated alkanes) is 15. The van der Waals surface area contributed by atoms with Gasteiger partial charge in [0.05, 0.1) is 0 Å². The lowest BCUT2D eigenvalue weighted by molar-refractivity contribution is 0.282. The molecule has 2 nitrogen and oxygen atoms in total. The first kappa shape index (κ1) is 19.9. The maximum atomic E-state index is 8.67. The largest absolute Gasteiger partial charge is 0.396 e. The molecule has 2 N–H and O–H groups in total. The Kier molecular flexibility index (Phi) is 18.8. The van der Waals surface area contributed by atoms with E-state index in [9.17, 15) is 0 Å². The summed E-state index contributed by atoms with van der Waals surface area (Å²) in [5, 5.41) is 17.3. The van der Waals surface area contributed by atoms with Crippen LogP contribution in [0.2, 0.25) is 0 Å². The molecule has 0 aliphatic heterocycles. The van der Waals surface area contributed by atoms with E-state index in [1.807, 2.05) is 0 Å². The van der Waals surface area contributed by atoms with E-state index in [4.69, 9.17) is 10.2 Å². The van der Waals surface area contributed by atoms with E-state index < -0.39 is 0 Å². The van der Waals surface area contributed by atoms with Crippen LogP contribution in [0.1, 0.15) is 96.3 Å². The van der Waals surface area contributed by atoms with Crippen molar-refractivity contribution in [3.05, 3.63) is 6.42 Å². The van der Waals surface area contributed by atoms with Gasteiger partial charge in [0.15, 0.2) is 0 Å². The molecule has 0 saturated carbocycles. The lowest BCUT2D eigenvalue weighted by Crippen LogP contribution is -1.86. The van der Waals surface area contributed by atoms with Gasteiger partial charge in [0.25, 0.3) is 0 Å². The van der Waals surface area contributed by atoms with Crippen LogP contribution in [0.5, 0.6) is 0 Å². The van der Waals surface area contributed by atoms with Gasteiger partial charge in [-0.15, -0.1) is 0 Å². The molecule has 0 saturated heterocycles. The monoisotopic (exact) mass is 285 g/mol. The van der Waals surface area contributed by atoms with Gasteiger partial charge in [-0.3, -0.25) is 0 Å². The third-order valence-corrected chi connectivity index (χ3v) is 3.90. The van der Waals surface area contributed by atoms with Crippen molar-refractivity contribution in [2.75, 3.05) is 13.2 Å². The van der Waals surface area contributed by atoms with Gasteiger partial charge in [0, 0.05) is 13.2 Å². The quantitative estimate of drug-likeness (QED) is 0.368. The second kappa shape index (κ2) is 18.9. The first-order chi connectivity index (χ1) is 9.91. The molecule has 1 radical (unpaired) electrons. The van der Waals surface area contributed by atoms with Gasteiger partial charge in [0.2, 0.25) is 0 Å². The van der Waals surface area contributed by atoms with E-state index in [1.54, 1.807) is 0 Å². The third-order valence-electron chi connectivity index (χ3n) is 3.90. The number of rotatable bonds is 17. The number of hydrogen-bond donors (Lipinski definition) is 2. The molecule has 2 heteroatoms. The molecule has 0 aliphatic carbocycles. The average molecular weight is 285 g/mol. The minimum Gasteiger partial charge on any atom is -0.396 e. The first-order valence-electron chi connectivity index (χ1n) is 8.95. The van der Waals surface area contributed by atoms with Crippen molar-refractivity contribution in [1.82, 2.24) is 0 Å². The van der Waals surface area contributed by atoms with Crippen molar-refractivity contribution in [2.24, 2.45) is 0 Å². The average Bonchev–Trinajstić information content (AvgIpc) is 2.47. The normalized spacial score (nSPS) is 11.1. The van der Waals surface area contributed by atoms with Crippen LogP contribution in [0.15, 0.2) is 0 Å². The summed E-state index contributed by atoms with van der Waals surface area (Å²) in [6.07, 6.45) is 21.5. The predicted octanol–water partition coefficient (Wildman–Crippen LogP) is 5.03. The zero-order valence-electron chi connectivity index (χ0n) is 13.5. The zero-order chi connectivity index (χ0) is 14.7. The number of aliphatic hydroxyl groups is 2. The molecule has 0 spiro atoms. The van der Waals surface area contributed by atoms with Crippen LogP contribution in [0.3, 0.4) is 0 Å². The summed E-state index contributed by atoms with van der Waals surface area (Å²) < 4.78 is 0. The van der Waals surface area contributed by atoms with Crippen LogP contribution in [0.25, 0.3) is 0 Å². The van der Waals surface area contributed by atoms with Crippen molar-refractivity contribution in [3.8, 4) is 0 Å². The Hall–Kier alpha value is -0.0800. The molecule has 0 aromatic heterocycles. The van der Waals surface area contributed by atoms with Crippen LogP contribution < -0.4 is 0 Å². The molecule has 0 fully saturated rings. The molecule has 0 atom stereocenters. The highest BCUT2D eigenvalue weighted by atomic mass is 16.3. The van der Waals surface area contributed by atoms with Crippen LogP contribution in [-0.4, -0.2) is 23.4 Å². The molecule has 121 valence electrons. The Morgan fingerprint density at radius 3 is 1.20 bits per heavy atom. The fraction of sp³-hybridized carbons (Fsp3) is 0.944. The summed E-state index contributed by atoms with van der Waals surface area (Å²) in [7, 11) is 0. The van der Waals surface area contributed by atoms with E-state index in [2.05, 4.69) is 6.42 Å². The van der Waals surface area contributed by atoms with Gasteiger partial charge in [-0.05, 0) is 19.3 Å². The topological polar surface area (TPSA) is 40.5 Å². The van der Waals surface area contributed by atoms with Crippen LogP contribution >= 0.6 is 0 Å². The zero-order valence-corrected chi connectivity index (χ0v) is 13.5. The SMILES string of the molecule is OCC[CH]CCCCCCCCCCCCCCCO. The molecule has 0 rings (SSSR count). The van der Waals surface area contributed by atoms with E-state index in [0.717, 1.165) is 12.8 Å². The minimum absolute atomic E-state index is 0.307. The summed E-state index contributed by atoms with van der Waals surface area (Å²) in [6, 6.07) is 0. The molecule has 0 heterocycles. The predicted molar refractivity (Wildman–Crippen MR) is 87.7 cm³/mol. The van der Waals surface area contributed by atoms with Gasteiger partial charge in [0.1, 0.15) is 0 Å². The van der Waals surface area contributed by atoms with Gasteiger partial charge in [-0.2, -0.15) is 0 Å². The molecular weight excluding hydrogens is 248 g/mol. The molecule has 0 aromatic carbocycles. The lowest BCUT2D eigenvalue weighted by Gasteiger charge is -2.03. The summed E-state index contributed by atoms with van der Waals surface area (Å²) in [4.78, 5) is 0. The Bertz CT molecular complexity index is 141. The van der Waals surface area contributed by atoms with Gasteiger partial charge in [-0.25, -0.2) is 0 Å². The molecular formula is C18H37O2. The van der Waals surface area contributed by atoms with Crippen LogP contribution in [0, 0.1) is 6.42 Å². The van der Waals surface area contributed by atoms with Gasteiger partial charge in [-0.1, -0.05) is 83.5 Å². The molecule has 20 heavy (non-hydrogen) atoms. The molecule has 0 aromatic rings. The lowest BCUT2D eigenvalue weighted by atomic mass is 10.0. The molecule has 0 unspecified atom stereocenters. The van der Waals surface area contributed by atoms with E-state index >= 15 is 0 Å². The van der Waals surface area contributed by atoms with Crippen molar-refractivity contribution >= 4 is 0 Å². The highest BCUT2D eigenvalue weighted by Crippen LogP contribution is 2.13. The standard InChI is InChI=1S/C18H37O2/c19-17-15-13-11-9-7-5-3-1-2-4-6-8-10-12-14-16-18-20/h13,19-20H,1-12,14-18H2. The Morgan fingerprint density at radius 2 is 0.800 bits per heavy atom. The molecule has 0 bridgehead atoms. The highest BCUT2D eigenvalue weighted by molar-refractivity contribution is 4.63. The molecule has 0 amide bonds. The number of hydrogen-bond acceptors (Lipinski definition) is 2. The maximum absolute atomic E-state index is 8.67. The van der Waals surface area contributed by atoms with E-state index in [-0.39, 0.29) is 0 Å². The Morgan fingerprint density at radius 1 is 0.400 bits per heavy atom. The van der Waals surface area contributed by atoms with Crippen molar-refractivity contribution in [3.63, 3.8) is 0 Å². The second-order valence-corrected chi connectivity index (χ2v) is 5.91. The van der Waals surface area contributed by atoms with Crippen LogP contribution in [0.4, 0.5) is 0 Å². The fourth-order valence-corrected chi connectivity index (χ4v) is 2.58. The fourth-order valence-electron chi connectivity index (χ4n) is 2.58. The van der Waals surface area contributed by atoms with Crippen molar-refractivity contribution in [2.45, 2.75) is 96.3 Å². The van der Waals surface area contributed by atoms with E-state index in [1.165, 1.54) is 83.5 Å². The summed E-state index contributed by atoms with van der Waals surface area (Å²) >= 11 is 0. The highest BCUT2D eigenvalue weighted by Gasteiger charge is 1.94. The molecule has 0 aliphatic rings. The summed E-state index contributed by atoms with van der Waals surface area (Å²) in [5.74, 6) is 0. The van der Waals surface area contributed by atoms with E-state index in [0.29, 0.717) is 13.2 Å². The third kappa shape index (κ3) is 17.9. The van der Waals surface area contributed by atoms with Crippen molar-refractivity contribution < 1.29 is 10.2 Å². The number of aliphatic hydroxyl groups excluding tert-OH is 2. The second-order valence-electron chi connectivity index (χ2n) is 5.91. The first-order valence-corrected chi connectivity index (χ1v) is 8.95. The van der Waals surface area contributed by atoms with Crippen molar-refractivity contribution in [1.29, 1.82) is 0 Å².